The Kier molecular flexibility index (Phi) is 7.65. The second-order valence-corrected chi connectivity index (χ2v) is 4.17. The van der Waals surface area contributed by atoms with E-state index in [4.69, 9.17) is 9.47 Å². The van der Waals surface area contributed by atoms with Crippen LogP contribution in [0.25, 0.3) is 0 Å². The van der Waals surface area contributed by atoms with Crippen LogP contribution in [-0.4, -0.2) is 31.7 Å². The van der Waals surface area contributed by atoms with Gasteiger partial charge in [-0.25, -0.2) is 0 Å². The minimum Gasteiger partial charge on any atom is -0.388 e. The summed E-state index contributed by atoms with van der Waals surface area (Å²) in [6.07, 6.45) is 3.02. The van der Waals surface area contributed by atoms with Crippen molar-refractivity contribution in [1.29, 1.82) is 0 Å². The molecule has 0 bridgehead atoms. The highest BCUT2D eigenvalue weighted by Crippen LogP contribution is 2.16. The van der Waals surface area contributed by atoms with Crippen LogP contribution in [0, 0.1) is 5.92 Å². The van der Waals surface area contributed by atoms with Crippen molar-refractivity contribution >= 4 is 0 Å². The Morgan fingerprint density at radius 2 is 1.80 bits per heavy atom. The molecular weight excluding hydrogens is 192 g/mol. The maximum atomic E-state index is 9.87. The van der Waals surface area contributed by atoms with Crippen molar-refractivity contribution in [3.05, 3.63) is 11.6 Å². The van der Waals surface area contributed by atoms with E-state index in [1.165, 1.54) is 5.57 Å². The van der Waals surface area contributed by atoms with Crippen LogP contribution >= 0.6 is 0 Å². The van der Waals surface area contributed by atoms with E-state index in [2.05, 4.69) is 19.9 Å². The zero-order valence-electron chi connectivity index (χ0n) is 10.5. The van der Waals surface area contributed by atoms with Gasteiger partial charge in [0.1, 0.15) is 6.10 Å². The molecule has 90 valence electrons. The van der Waals surface area contributed by atoms with E-state index in [1.54, 1.807) is 14.2 Å². The van der Waals surface area contributed by atoms with E-state index in [0.717, 1.165) is 12.8 Å². The van der Waals surface area contributed by atoms with Gasteiger partial charge in [0, 0.05) is 14.2 Å². The Morgan fingerprint density at radius 3 is 2.20 bits per heavy atom. The van der Waals surface area contributed by atoms with Gasteiger partial charge in [0.15, 0.2) is 6.29 Å². The van der Waals surface area contributed by atoms with Crippen molar-refractivity contribution in [2.24, 2.45) is 5.92 Å². The summed E-state index contributed by atoms with van der Waals surface area (Å²) in [6.45, 7) is 6.16. The van der Waals surface area contributed by atoms with E-state index in [9.17, 15) is 5.11 Å². The topological polar surface area (TPSA) is 38.7 Å². The highest BCUT2D eigenvalue weighted by Gasteiger charge is 2.23. The van der Waals surface area contributed by atoms with E-state index in [0.29, 0.717) is 0 Å². The minimum atomic E-state index is -0.564. The predicted molar refractivity (Wildman–Crippen MR) is 61.6 cm³/mol. The van der Waals surface area contributed by atoms with Crippen LogP contribution in [0.3, 0.4) is 0 Å². The zero-order valence-corrected chi connectivity index (χ0v) is 10.5. The van der Waals surface area contributed by atoms with E-state index in [1.807, 2.05) is 6.92 Å². The van der Waals surface area contributed by atoms with E-state index >= 15 is 0 Å². The van der Waals surface area contributed by atoms with Crippen LogP contribution in [0.2, 0.25) is 0 Å². The molecule has 0 unspecified atom stereocenters. The largest absolute Gasteiger partial charge is 0.388 e. The summed E-state index contributed by atoms with van der Waals surface area (Å²) in [5.74, 6) is 0.172. The number of methoxy groups -OCH3 is 2. The highest BCUT2D eigenvalue weighted by atomic mass is 16.7. The van der Waals surface area contributed by atoms with Crippen molar-refractivity contribution in [1.82, 2.24) is 0 Å². The number of hydrogen-bond donors (Lipinski definition) is 1. The van der Waals surface area contributed by atoms with Crippen LogP contribution in [0.4, 0.5) is 0 Å². The first kappa shape index (κ1) is 14.6. The Hall–Kier alpha value is -0.380. The van der Waals surface area contributed by atoms with Crippen molar-refractivity contribution in [3.8, 4) is 0 Å². The number of aliphatic hydroxyl groups excluding tert-OH is 1. The smallest absolute Gasteiger partial charge is 0.182 e. The van der Waals surface area contributed by atoms with Crippen molar-refractivity contribution in [3.63, 3.8) is 0 Å². The highest BCUT2D eigenvalue weighted by molar-refractivity contribution is 4.93. The molecule has 0 aliphatic heterocycles. The second kappa shape index (κ2) is 7.85. The van der Waals surface area contributed by atoms with Crippen LogP contribution in [0.15, 0.2) is 11.6 Å². The molecule has 0 spiro atoms. The van der Waals surface area contributed by atoms with Crippen LogP contribution in [0.5, 0.6) is 0 Å². The second-order valence-electron chi connectivity index (χ2n) is 4.17. The van der Waals surface area contributed by atoms with Gasteiger partial charge >= 0.3 is 0 Å². The number of hydrogen-bond acceptors (Lipinski definition) is 3. The molecule has 0 aromatic rings. The normalized spacial score (nSPS) is 15.1. The van der Waals surface area contributed by atoms with Gasteiger partial charge in [-0.15, -0.1) is 0 Å². The van der Waals surface area contributed by atoms with Crippen molar-refractivity contribution < 1.29 is 14.6 Å². The number of ether oxygens (including phenoxy) is 2. The van der Waals surface area contributed by atoms with Crippen LogP contribution < -0.4 is 0 Å². The third-order valence-electron chi connectivity index (χ3n) is 2.50. The fraction of sp³-hybridized carbons (Fsp3) is 0.833. The molecule has 1 N–H and O–H groups in total. The van der Waals surface area contributed by atoms with Gasteiger partial charge < -0.3 is 14.6 Å². The molecule has 0 aromatic carbocycles. The Balaban J connectivity index is 3.97. The summed E-state index contributed by atoms with van der Waals surface area (Å²) in [4.78, 5) is 0. The van der Waals surface area contributed by atoms with Gasteiger partial charge in [0.2, 0.25) is 0 Å². The molecule has 15 heavy (non-hydrogen) atoms. The summed E-state index contributed by atoms with van der Waals surface area (Å²) in [5, 5.41) is 9.87. The Bertz CT molecular complexity index is 181. The lowest BCUT2D eigenvalue weighted by atomic mass is 9.98. The standard InChI is InChI=1S/C12H24O3/c1-9(2)7-6-8-10(3)11(13)12(14-4)15-5/h7,10-13H,6,8H2,1-5H3/t10-,11-/m1/s1. The molecule has 3 nitrogen and oxygen atoms in total. The summed E-state index contributed by atoms with van der Waals surface area (Å²) in [7, 11) is 3.08. The first-order chi connectivity index (χ1) is 7.02. The molecular formula is C12H24O3. The lowest BCUT2D eigenvalue weighted by Gasteiger charge is -2.25. The van der Waals surface area contributed by atoms with Crippen molar-refractivity contribution in [2.45, 2.75) is 46.0 Å². The lowest BCUT2D eigenvalue weighted by molar-refractivity contribution is -0.177. The van der Waals surface area contributed by atoms with E-state index < -0.39 is 12.4 Å². The first-order valence-corrected chi connectivity index (χ1v) is 5.40. The van der Waals surface area contributed by atoms with Gasteiger partial charge in [-0.05, 0) is 32.6 Å². The molecule has 2 atom stereocenters. The number of allylic oxidation sites excluding steroid dienone is 2. The summed E-state index contributed by atoms with van der Waals surface area (Å²) in [6, 6.07) is 0. The number of rotatable bonds is 7. The SMILES string of the molecule is COC(OC)[C@H](O)[C@H](C)CCC=C(C)C. The molecule has 0 rings (SSSR count). The summed E-state index contributed by atoms with van der Waals surface area (Å²) >= 11 is 0. The zero-order chi connectivity index (χ0) is 11.8. The third-order valence-corrected chi connectivity index (χ3v) is 2.50. The fourth-order valence-electron chi connectivity index (χ4n) is 1.45. The summed E-state index contributed by atoms with van der Waals surface area (Å²) < 4.78 is 10.0. The molecule has 0 radical (unpaired) electrons. The van der Waals surface area contributed by atoms with Crippen LogP contribution in [0.1, 0.15) is 33.6 Å². The number of aliphatic hydroxyl groups is 1. The molecule has 0 aliphatic rings. The maximum Gasteiger partial charge on any atom is 0.182 e. The molecule has 0 amide bonds. The van der Waals surface area contributed by atoms with Gasteiger partial charge in [-0.3, -0.25) is 0 Å². The minimum absolute atomic E-state index is 0.172. The molecule has 0 aliphatic carbocycles. The van der Waals surface area contributed by atoms with Gasteiger partial charge in [-0.1, -0.05) is 18.6 Å². The first-order valence-electron chi connectivity index (χ1n) is 5.40. The predicted octanol–water partition coefficient (Wildman–Crippen LogP) is 2.35. The average Bonchev–Trinajstić information content (AvgIpc) is 2.18. The summed E-state index contributed by atoms with van der Waals surface area (Å²) in [5.41, 5.74) is 1.31. The van der Waals surface area contributed by atoms with Crippen LogP contribution in [-0.2, 0) is 9.47 Å². The lowest BCUT2D eigenvalue weighted by Crippen LogP contribution is -2.35. The third kappa shape index (κ3) is 5.92. The van der Waals surface area contributed by atoms with E-state index in [-0.39, 0.29) is 5.92 Å². The maximum absolute atomic E-state index is 9.87. The van der Waals surface area contributed by atoms with Gasteiger partial charge in [0.25, 0.3) is 0 Å². The Labute approximate surface area is 93.1 Å². The molecule has 0 saturated carbocycles. The molecule has 0 heterocycles. The molecule has 0 saturated heterocycles. The fourth-order valence-corrected chi connectivity index (χ4v) is 1.45. The average molecular weight is 216 g/mol. The Morgan fingerprint density at radius 1 is 1.27 bits per heavy atom. The quantitative estimate of drug-likeness (QED) is 0.524. The van der Waals surface area contributed by atoms with Gasteiger partial charge in [0.05, 0.1) is 0 Å². The van der Waals surface area contributed by atoms with Crippen molar-refractivity contribution in [2.75, 3.05) is 14.2 Å². The molecule has 0 aromatic heterocycles. The molecule has 0 fully saturated rings. The van der Waals surface area contributed by atoms with Gasteiger partial charge in [-0.2, -0.15) is 0 Å². The molecule has 3 heteroatoms. The monoisotopic (exact) mass is 216 g/mol.